The van der Waals surface area contributed by atoms with Gasteiger partial charge in [-0.25, -0.2) is 4.79 Å². The highest BCUT2D eigenvalue weighted by atomic mass is 32.1. The fraction of sp³-hybridized carbons (Fsp3) is 0.500. The number of rotatable bonds is 5. The summed E-state index contributed by atoms with van der Waals surface area (Å²) in [6.07, 6.45) is 4.69. The Morgan fingerprint density at radius 2 is 1.96 bits per heavy atom. The lowest BCUT2D eigenvalue weighted by atomic mass is 9.95. The van der Waals surface area contributed by atoms with E-state index in [-0.39, 0.29) is 18.0 Å². The summed E-state index contributed by atoms with van der Waals surface area (Å²) in [5, 5.41) is 3.62. The van der Waals surface area contributed by atoms with Gasteiger partial charge in [0.05, 0.1) is 16.5 Å². The van der Waals surface area contributed by atoms with Crippen LogP contribution in [0.3, 0.4) is 0 Å². The van der Waals surface area contributed by atoms with Crippen LogP contribution >= 0.6 is 22.7 Å². The molecule has 0 saturated heterocycles. The molecule has 0 radical (unpaired) electrons. The van der Waals surface area contributed by atoms with Crippen LogP contribution in [0, 0.1) is 13.8 Å². The molecule has 1 atom stereocenters. The summed E-state index contributed by atoms with van der Waals surface area (Å²) in [7, 11) is 0. The first-order chi connectivity index (χ1) is 12.4. The van der Waals surface area contributed by atoms with Crippen molar-refractivity contribution in [1.82, 2.24) is 0 Å². The minimum atomic E-state index is -0.312. The van der Waals surface area contributed by atoms with Crippen LogP contribution in [-0.2, 0) is 17.6 Å². The molecule has 0 aliphatic heterocycles. The van der Waals surface area contributed by atoms with Gasteiger partial charge < -0.3 is 10.1 Å². The van der Waals surface area contributed by atoms with Crippen LogP contribution in [0.5, 0.6) is 0 Å². The topological polar surface area (TPSA) is 55.4 Å². The third-order valence-electron chi connectivity index (χ3n) is 4.88. The lowest BCUT2D eigenvalue weighted by Crippen LogP contribution is -2.18. The Morgan fingerprint density at radius 3 is 2.62 bits per heavy atom. The number of fused-ring (bicyclic) bond motifs is 1. The maximum Gasteiger partial charge on any atom is 0.341 e. The standard InChI is InChI=1S/C20H25NO3S2/c1-5-12(3)24-20(23)17-14-8-6-7-9-15(14)26-19(17)21-18(22)16-10-11(2)13(4)25-16/h10,12H,5-9H2,1-4H3,(H,21,22)/t12-/m0/s1. The van der Waals surface area contributed by atoms with E-state index in [1.807, 2.05) is 33.8 Å². The Hall–Kier alpha value is -1.66. The van der Waals surface area contributed by atoms with Gasteiger partial charge in [-0.2, -0.15) is 0 Å². The molecule has 0 aromatic carbocycles. The number of thiophene rings is 2. The lowest BCUT2D eigenvalue weighted by Gasteiger charge is -2.15. The minimum absolute atomic E-state index is 0.132. The van der Waals surface area contributed by atoms with Crippen molar-refractivity contribution in [3.63, 3.8) is 0 Å². The average molecular weight is 392 g/mol. The fourth-order valence-corrected chi connectivity index (χ4v) is 5.25. The molecule has 4 nitrogen and oxygen atoms in total. The molecule has 0 saturated carbocycles. The number of ether oxygens (including phenoxy) is 1. The van der Waals surface area contributed by atoms with Crippen molar-refractivity contribution in [3.05, 3.63) is 37.4 Å². The smallest absolute Gasteiger partial charge is 0.341 e. The van der Waals surface area contributed by atoms with Crippen molar-refractivity contribution in [2.75, 3.05) is 5.32 Å². The van der Waals surface area contributed by atoms with Crippen molar-refractivity contribution >= 4 is 39.6 Å². The normalized spacial score (nSPS) is 14.6. The van der Waals surface area contributed by atoms with Crippen LogP contribution in [0.15, 0.2) is 6.07 Å². The summed E-state index contributed by atoms with van der Waals surface area (Å²) < 4.78 is 5.58. The highest BCUT2D eigenvalue weighted by Crippen LogP contribution is 2.39. The van der Waals surface area contributed by atoms with E-state index in [1.54, 1.807) is 0 Å². The van der Waals surface area contributed by atoms with Crippen molar-refractivity contribution in [1.29, 1.82) is 0 Å². The summed E-state index contributed by atoms with van der Waals surface area (Å²) in [5.41, 5.74) is 2.76. The van der Waals surface area contributed by atoms with E-state index in [9.17, 15) is 9.59 Å². The predicted molar refractivity (Wildman–Crippen MR) is 108 cm³/mol. The zero-order valence-electron chi connectivity index (χ0n) is 15.7. The molecule has 3 rings (SSSR count). The molecular formula is C20H25NO3S2. The monoisotopic (exact) mass is 391 g/mol. The maximum absolute atomic E-state index is 12.8. The van der Waals surface area contributed by atoms with Crippen LogP contribution in [0.1, 0.15) is 74.0 Å². The van der Waals surface area contributed by atoms with Gasteiger partial charge in [-0.3, -0.25) is 4.79 Å². The van der Waals surface area contributed by atoms with E-state index in [1.165, 1.54) is 27.6 Å². The van der Waals surface area contributed by atoms with E-state index in [4.69, 9.17) is 4.74 Å². The first-order valence-electron chi connectivity index (χ1n) is 9.14. The maximum atomic E-state index is 12.8. The van der Waals surface area contributed by atoms with Gasteiger partial charge in [0, 0.05) is 9.75 Å². The fourth-order valence-electron chi connectivity index (χ4n) is 3.04. The molecule has 0 spiro atoms. The molecule has 0 bridgehead atoms. The second kappa shape index (κ2) is 7.92. The van der Waals surface area contributed by atoms with Gasteiger partial charge in [-0.1, -0.05) is 6.92 Å². The van der Waals surface area contributed by atoms with E-state index in [0.29, 0.717) is 15.4 Å². The molecule has 2 heterocycles. The van der Waals surface area contributed by atoms with Crippen molar-refractivity contribution in [2.45, 2.75) is 65.9 Å². The second-order valence-electron chi connectivity index (χ2n) is 6.84. The Labute approximate surface area is 162 Å². The third-order valence-corrected chi connectivity index (χ3v) is 7.23. The molecule has 1 aliphatic carbocycles. The summed E-state index contributed by atoms with van der Waals surface area (Å²) in [6.45, 7) is 7.90. The number of aryl methyl sites for hydroxylation is 3. The van der Waals surface area contributed by atoms with Gasteiger partial charge >= 0.3 is 5.97 Å². The van der Waals surface area contributed by atoms with E-state index in [2.05, 4.69) is 5.32 Å². The molecule has 6 heteroatoms. The average Bonchev–Trinajstić information content (AvgIpc) is 3.14. The lowest BCUT2D eigenvalue weighted by molar-refractivity contribution is 0.0335. The number of hydrogen-bond acceptors (Lipinski definition) is 5. The highest BCUT2D eigenvalue weighted by molar-refractivity contribution is 7.17. The van der Waals surface area contributed by atoms with Crippen LogP contribution in [-0.4, -0.2) is 18.0 Å². The number of nitrogens with one attached hydrogen (secondary N) is 1. The molecule has 26 heavy (non-hydrogen) atoms. The molecule has 1 amide bonds. The summed E-state index contributed by atoms with van der Waals surface area (Å²) in [6, 6.07) is 1.90. The zero-order valence-corrected chi connectivity index (χ0v) is 17.4. The minimum Gasteiger partial charge on any atom is -0.459 e. The van der Waals surface area contributed by atoms with E-state index in [0.717, 1.165) is 48.1 Å². The zero-order chi connectivity index (χ0) is 18.8. The molecular weight excluding hydrogens is 366 g/mol. The number of amides is 1. The first kappa shape index (κ1) is 19.1. The van der Waals surface area contributed by atoms with Crippen molar-refractivity contribution in [2.24, 2.45) is 0 Å². The molecule has 0 fully saturated rings. The Kier molecular flexibility index (Phi) is 5.82. The van der Waals surface area contributed by atoms with Gasteiger partial charge in [-0.05, 0) is 70.1 Å². The van der Waals surface area contributed by atoms with E-state index >= 15 is 0 Å². The van der Waals surface area contributed by atoms with Crippen molar-refractivity contribution < 1.29 is 14.3 Å². The Morgan fingerprint density at radius 1 is 1.23 bits per heavy atom. The number of esters is 1. The largest absolute Gasteiger partial charge is 0.459 e. The summed E-state index contributed by atoms with van der Waals surface area (Å²) in [5.74, 6) is -0.463. The van der Waals surface area contributed by atoms with Gasteiger partial charge in [0.15, 0.2) is 0 Å². The van der Waals surface area contributed by atoms with Crippen molar-refractivity contribution in [3.8, 4) is 0 Å². The second-order valence-corrected chi connectivity index (χ2v) is 9.20. The highest BCUT2D eigenvalue weighted by Gasteiger charge is 2.28. The first-order valence-corrected chi connectivity index (χ1v) is 10.8. The van der Waals surface area contributed by atoms with E-state index < -0.39 is 0 Å². The molecule has 2 aromatic rings. The van der Waals surface area contributed by atoms with Gasteiger partial charge in [0.1, 0.15) is 5.00 Å². The molecule has 1 aliphatic rings. The molecule has 1 N–H and O–H groups in total. The molecule has 140 valence electrons. The number of carbonyl (C=O) groups excluding carboxylic acids is 2. The quantitative estimate of drug-likeness (QED) is 0.684. The number of carbonyl (C=O) groups is 2. The number of anilines is 1. The number of hydrogen-bond donors (Lipinski definition) is 1. The van der Waals surface area contributed by atoms with Gasteiger partial charge in [-0.15, -0.1) is 22.7 Å². The Balaban J connectivity index is 1.91. The summed E-state index contributed by atoms with van der Waals surface area (Å²) >= 11 is 3.01. The summed E-state index contributed by atoms with van der Waals surface area (Å²) in [4.78, 5) is 28.5. The predicted octanol–water partition coefficient (Wildman–Crippen LogP) is 5.51. The molecule has 0 unspecified atom stereocenters. The van der Waals surface area contributed by atoms with Crippen LogP contribution in [0.2, 0.25) is 0 Å². The third kappa shape index (κ3) is 3.86. The van der Waals surface area contributed by atoms with Gasteiger partial charge in [0.25, 0.3) is 5.91 Å². The van der Waals surface area contributed by atoms with Crippen LogP contribution in [0.25, 0.3) is 0 Å². The van der Waals surface area contributed by atoms with Crippen LogP contribution < -0.4 is 5.32 Å². The SMILES string of the molecule is CC[C@H](C)OC(=O)c1c(NC(=O)c2cc(C)c(C)s2)sc2c1CCCC2. The van der Waals surface area contributed by atoms with Gasteiger partial charge in [0.2, 0.25) is 0 Å². The molecule has 2 aromatic heterocycles. The Bertz CT molecular complexity index is 815. The van der Waals surface area contributed by atoms with Crippen LogP contribution in [0.4, 0.5) is 5.00 Å².